The minimum Gasteiger partial charge on any atom is -0.486 e. The Labute approximate surface area is 188 Å². The topological polar surface area (TPSA) is 82.4 Å². The molecule has 1 fully saturated rings. The van der Waals surface area contributed by atoms with E-state index in [9.17, 15) is 4.79 Å². The van der Waals surface area contributed by atoms with E-state index < -0.39 is 0 Å². The molecule has 0 spiro atoms. The van der Waals surface area contributed by atoms with E-state index >= 15 is 0 Å². The first-order valence-electron chi connectivity index (χ1n) is 10.4. The lowest BCUT2D eigenvalue weighted by Gasteiger charge is -2.25. The molecule has 5 rings (SSSR count). The van der Waals surface area contributed by atoms with Gasteiger partial charge in [0.15, 0.2) is 11.5 Å². The Balaban J connectivity index is 1.34. The van der Waals surface area contributed by atoms with Crippen molar-refractivity contribution >= 4 is 34.7 Å². The van der Waals surface area contributed by atoms with Gasteiger partial charge in [-0.3, -0.25) is 4.79 Å². The molecular formula is C21H23N5O3S2. The molecule has 0 atom stereocenters. The van der Waals surface area contributed by atoms with Gasteiger partial charge in [0.1, 0.15) is 13.2 Å². The van der Waals surface area contributed by atoms with Crippen LogP contribution in [-0.4, -0.2) is 45.1 Å². The maximum atomic E-state index is 13.3. The number of hydrogen-bond donors (Lipinski definition) is 0. The molecule has 2 aromatic heterocycles. The number of thiophene rings is 1. The number of anilines is 1. The van der Waals surface area contributed by atoms with Crippen LogP contribution in [0.25, 0.3) is 0 Å². The van der Waals surface area contributed by atoms with Crippen LogP contribution < -0.4 is 14.4 Å². The number of rotatable bonds is 7. The molecular weight excluding hydrogens is 434 g/mol. The van der Waals surface area contributed by atoms with Gasteiger partial charge in [-0.15, -0.1) is 16.4 Å². The highest BCUT2D eigenvalue weighted by atomic mass is 32.2. The summed E-state index contributed by atoms with van der Waals surface area (Å²) in [5, 5.41) is 14.9. The standard InChI is InChI=1S/C21H23N5O3S2/c27-20(14-31-21-22-23-24-26(21)15-4-1-2-5-15)25(13-17-6-3-11-30-17)16-7-8-18-19(12-16)29-10-9-28-18/h3,6-8,11-12,15H,1-2,4-5,9-10,13-14H2. The molecule has 3 aromatic rings. The van der Waals surface area contributed by atoms with Crippen LogP contribution in [-0.2, 0) is 11.3 Å². The van der Waals surface area contributed by atoms with Gasteiger partial charge >= 0.3 is 0 Å². The Bertz CT molecular complexity index is 1030. The van der Waals surface area contributed by atoms with Crippen LogP contribution >= 0.6 is 23.1 Å². The van der Waals surface area contributed by atoms with E-state index in [2.05, 4.69) is 15.5 Å². The van der Waals surface area contributed by atoms with Crippen LogP contribution in [0.2, 0.25) is 0 Å². The van der Waals surface area contributed by atoms with Crippen LogP contribution in [0, 0.1) is 0 Å². The van der Waals surface area contributed by atoms with Gasteiger partial charge < -0.3 is 14.4 Å². The Morgan fingerprint density at radius 3 is 2.84 bits per heavy atom. The quantitative estimate of drug-likeness (QED) is 0.497. The molecule has 162 valence electrons. The molecule has 0 N–H and O–H groups in total. The third kappa shape index (κ3) is 4.54. The summed E-state index contributed by atoms with van der Waals surface area (Å²) < 4.78 is 13.2. The predicted octanol–water partition coefficient (Wildman–Crippen LogP) is 3.95. The summed E-state index contributed by atoms with van der Waals surface area (Å²) in [6.07, 6.45) is 4.58. The fourth-order valence-electron chi connectivity index (χ4n) is 3.94. The Morgan fingerprint density at radius 1 is 1.19 bits per heavy atom. The van der Waals surface area contributed by atoms with Crippen molar-refractivity contribution in [2.45, 2.75) is 43.4 Å². The van der Waals surface area contributed by atoms with E-state index in [-0.39, 0.29) is 11.7 Å². The highest BCUT2D eigenvalue weighted by molar-refractivity contribution is 7.99. The number of aromatic nitrogens is 4. The molecule has 1 aromatic carbocycles. The van der Waals surface area contributed by atoms with Crippen LogP contribution in [0.3, 0.4) is 0 Å². The normalized spacial score (nSPS) is 15.9. The number of fused-ring (bicyclic) bond motifs is 1. The molecule has 10 heteroatoms. The highest BCUT2D eigenvalue weighted by Gasteiger charge is 2.24. The molecule has 3 heterocycles. The maximum absolute atomic E-state index is 13.3. The Morgan fingerprint density at radius 2 is 2.03 bits per heavy atom. The second kappa shape index (κ2) is 9.27. The molecule has 8 nitrogen and oxygen atoms in total. The molecule has 0 bridgehead atoms. The van der Waals surface area contributed by atoms with Crippen molar-refractivity contribution in [2.75, 3.05) is 23.9 Å². The second-order valence-corrected chi connectivity index (χ2v) is 9.49. The van der Waals surface area contributed by atoms with Gasteiger partial charge in [-0.1, -0.05) is 30.7 Å². The first-order chi connectivity index (χ1) is 15.3. The third-order valence-corrected chi connectivity index (χ3v) is 7.27. The molecule has 1 aliphatic carbocycles. The van der Waals surface area contributed by atoms with Gasteiger partial charge in [-0.05, 0) is 46.8 Å². The minimum atomic E-state index is -0.00366. The van der Waals surface area contributed by atoms with Crippen molar-refractivity contribution in [1.82, 2.24) is 20.2 Å². The Kier molecular flexibility index (Phi) is 6.08. The zero-order valence-electron chi connectivity index (χ0n) is 17.0. The fraction of sp³-hybridized carbons (Fsp3) is 0.429. The van der Waals surface area contributed by atoms with E-state index in [1.54, 1.807) is 16.2 Å². The number of carbonyl (C=O) groups is 1. The largest absolute Gasteiger partial charge is 0.486 e. The van der Waals surface area contributed by atoms with E-state index in [4.69, 9.17) is 9.47 Å². The van der Waals surface area contributed by atoms with Gasteiger partial charge in [0, 0.05) is 16.6 Å². The maximum Gasteiger partial charge on any atom is 0.237 e. The van der Waals surface area contributed by atoms with Crippen molar-refractivity contribution in [2.24, 2.45) is 0 Å². The Hall–Kier alpha value is -2.59. The molecule has 1 amide bonds. The van der Waals surface area contributed by atoms with Crippen LogP contribution in [0.1, 0.15) is 36.6 Å². The zero-order chi connectivity index (χ0) is 21.0. The summed E-state index contributed by atoms with van der Waals surface area (Å²) in [4.78, 5) is 16.2. The van der Waals surface area contributed by atoms with Crippen molar-refractivity contribution in [1.29, 1.82) is 0 Å². The number of tetrazole rings is 1. The first-order valence-corrected chi connectivity index (χ1v) is 12.3. The molecule has 2 aliphatic rings. The average Bonchev–Trinajstić information content (AvgIpc) is 3.57. The van der Waals surface area contributed by atoms with E-state index in [1.165, 1.54) is 24.6 Å². The predicted molar refractivity (Wildman–Crippen MR) is 119 cm³/mol. The summed E-state index contributed by atoms with van der Waals surface area (Å²) in [5.41, 5.74) is 0.790. The smallest absolute Gasteiger partial charge is 0.237 e. The number of carbonyl (C=O) groups excluding carboxylic acids is 1. The highest BCUT2D eigenvalue weighted by Crippen LogP contribution is 2.35. The lowest BCUT2D eigenvalue weighted by atomic mass is 10.2. The average molecular weight is 458 g/mol. The fourth-order valence-corrected chi connectivity index (χ4v) is 5.46. The third-order valence-electron chi connectivity index (χ3n) is 5.49. The van der Waals surface area contributed by atoms with Crippen LogP contribution in [0.4, 0.5) is 5.69 Å². The molecule has 31 heavy (non-hydrogen) atoms. The minimum absolute atomic E-state index is 0.00366. The van der Waals surface area contributed by atoms with Crippen molar-refractivity contribution in [3.05, 3.63) is 40.6 Å². The number of amides is 1. The summed E-state index contributed by atoms with van der Waals surface area (Å²) in [6, 6.07) is 10.0. The first kappa shape index (κ1) is 20.3. The molecule has 0 unspecified atom stereocenters. The van der Waals surface area contributed by atoms with Gasteiger partial charge in [0.2, 0.25) is 11.1 Å². The summed E-state index contributed by atoms with van der Waals surface area (Å²) in [7, 11) is 0. The number of benzene rings is 1. The van der Waals surface area contributed by atoms with Crippen molar-refractivity contribution in [3.63, 3.8) is 0 Å². The lowest BCUT2D eigenvalue weighted by molar-refractivity contribution is -0.116. The summed E-state index contributed by atoms with van der Waals surface area (Å²) in [6.45, 7) is 1.55. The lowest BCUT2D eigenvalue weighted by Crippen LogP contribution is -2.32. The summed E-state index contributed by atoms with van der Waals surface area (Å²) in [5.74, 6) is 1.64. The van der Waals surface area contributed by atoms with Crippen LogP contribution in [0.15, 0.2) is 40.9 Å². The number of ether oxygens (including phenoxy) is 2. The van der Waals surface area contributed by atoms with Gasteiger partial charge in [-0.2, -0.15) is 0 Å². The van der Waals surface area contributed by atoms with E-state index in [0.29, 0.717) is 42.5 Å². The molecule has 1 saturated carbocycles. The summed E-state index contributed by atoms with van der Waals surface area (Å²) >= 11 is 3.03. The van der Waals surface area contributed by atoms with E-state index in [0.717, 1.165) is 23.4 Å². The van der Waals surface area contributed by atoms with Gasteiger partial charge in [0.05, 0.1) is 18.3 Å². The molecule has 0 radical (unpaired) electrons. The van der Waals surface area contributed by atoms with Crippen molar-refractivity contribution < 1.29 is 14.3 Å². The SMILES string of the molecule is O=C(CSc1nnnn1C1CCCC1)N(Cc1cccs1)c1ccc2c(c1)OCCO2. The van der Waals surface area contributed by atoms with E-state index in [1.807, 2.05) is 40.4 Å². The zero-order valence-corrected chi connectivity index (χ0v) is 18.6. The molecule has 0 saturated heterocycles. The monoisotopic (exact) mass is 457 g/mol. The number of thioether (sulfide) groups is 1. The molecule has 1 aliphatic heterocycles. The van der Waals surface area contributed by atoms with Gasteiger partial charge in [-0.25, -0.2) is 4.68 Å². The number of nitrogens with zero attached hydrogens (tertiary/aromatic N) is 5. The van der Waals surface area contributed by atoms with Crippen molar-refractivity contribution in [3.8, 4) is 11.5 Å². The van der Waals surface area contributed by atoms with Crippen LogP contribution in [0.5, 0.6) is 11.5 Å². The number of hydrogen-bond acceptors (Lipinski definition) is 8. The van der Waals surface area contributed by atoms with Gasteiger partial charge in [0.25, 0.3) is 0 Å². The second-order valence-electron chi connectivity index (χ2n) is 7.52.